The van der Waals surface area contributed by atoms with E-state index in [2.05, 4.69) is 23.4 Å². The minimum Gasteiger partial charge on any atom is -0.311 e. The molecular formula is C15H19F2N3. The van der Waals surface area contributed by atoms with Crippen LogP contribution in [0.5, 0.6) is 0 Å². The number of benzene rings is 1. The number of aromatic nitrogens is 2. The van der Waals surface area contributed by atoms with E-state index in [-0.39, 0.29) is 0 Å². The molecule has 0 aliphatic rings. The summed E-state index contributed by atoms with van der Waals surface area (Å²) < 4.78 is 27.9. The molecule has 2 aromatic rings. The van der Waals surface area contributed by atoms with Crippen LogP contribution in [0.4, 0.5) is 8.78 Å². The molecule has 0 spiro atoms. The van der Waals surface area contributed by atoms with Gasteiger partial charge in [-0.15, -0.1) is 0 Å². The lowest BCUT2D eigenvalue weighted by Gasteiger charge is -2.05. The molecule has 0 amide bonds. The van der Waals surface area contributed by atoms with Gasteiger partial charge in [-0.25, -0.2) is 8.78 Å². The second-order valence-corrected chi connectivity index (χ2v) is 4.81. The third-order valence-corrected chi connectivity index (χ3v) is 3.21. The molecule has 0 unspecified atom stereocenters. The van der Waals surface area contributed by atoms with Gasteiger partial charge < -0.3 is 5.32 Å². The van der Waals surface area contributed by atoms with E-state index in [1.807, 2.05) is 11.7 Å². The molecule has 2 rings (SSSR count). The number of halogens is 2. The minimum atomic E-state index is -0.528. The predicted molar refractivity (Wildman–Crippen MR) is 74.4 cm³/mol. The summed E-state index contributed by atoms with van der Waals surface area (Å²) in [5.74, 6) is -1.06. The minimum absolute atomic E-state index is 0.528. The Balaban J connectivity index is 1.82. The topological polar surface area (TPSA) is 29.9 Å². The van der Waals surface area contributed by atoms with Gasteiger partial charge in [0, 0.05) is 19.7 Å². The van der Waals surface area contributed by atoms with Crippen LogP contribution in [0.3, 0.4) is 0 Å². The molecule has 0 saturated carbocycles. The Kier molecular flexibility index (Phi) is 4.84. The van der Waals surface area contributed by atoms with Crippen molar-refractivity contribution < 1.29 is 8.78 Å². The monoisotopic (exact) mass is 279 g/mol. The van der Waals surface area contributed by atoms with Crippen LogP contribution in [0.25, 0.3) is 0 Å². The molecule has 0 radical (unpaired) electrons. The van der Waals surface area contributed by atoms with Crippen molar-refractivity contribution in [1.82, 2.24) is 15.1 Å². The van der Waals surface area contributed by atoms with E-state index < -0.39 is 11.6 Å². The van der Waals surface area contributed by atoms with Crippen LogP contribution in [-0.4, -0.2) is 16.3 Å². The molecule has 3 nitrogen and oxygen atoms in total. The lowest BCUT2D eigenvalue weighted by molar-refractivity contribution is 0.576. The largest absolute Gasteiger partial charge is 0.311 e. The van der Waals surface area contributed by atoms with Gasteiger partial charge >= 0.3 is 0 Å². The lowest BCUT2D eigenvalue weighted by Crippen LogP contribution is -2.18. The van der Waals surface area contributed by atoms with Gasteiger partial charge in [0.05, 0.1) is 11.4 Å². The maximum atomic E-state index is 13.0. The van der Waals surface area contributed by atoms with Crippen LogP contribution in [0.15, 0.2) is 24.3 Å². The molecule has 108 valence electrons. The fraction of sp³-hybridized carbons (Fsp3) is 0.400. The first kappa shape index (κ1) is 14.7. The zero-order valence-electron chi connectivity index (χ0n) is 11.8. The van der Waals surface area contributed by atoms with Crippen molar-refractivity contribution in [1.29, 1.82) is 0 Å². The molecule has 0 saturated heterocycles. The van der Waals surface area contributed by atoms with Crippen LogP contribution in [0.2, 0.25) is 0 Å². The Morgan fingerprint density at radius 1 is 1.15 bits per heavy atom. The maximum absolute atomic E-state index is 13.0. The number of hydrogen-bond acceptors (Lipinski definition) is 2. The third kappa shape index (κ3) is 3.87. The Morgan fingerprint density at radius 3 is 2.45 bits per heavy atom. The Bertz CT molecular complexity index is 558. The summed E-state index contributed by atoms with van der Waals surface area (Å²) in [7, 11) is 1.91. The standard InChI is InChI=1S/C15H19F2N3/c1-3-14-9-15(20(2)19-14)10-18-5-4-11-6-12(16)8-13(17)7-11/h6-9,18H,3-5,10H2,1-2H3. The van der Waals surface area contributed by atoms with Gasteiger partial charge in [0.1, 0.15) is 11.6 Å². The average Bonchev–Trinajstić information content (AvgIpc) is 2.74. The van der Waals surface area contributed by atoms with E-state index in [0.29, 0.717) is 25.1 Å². The first-order valence-electron chi connectivity index (χ1n) is 6.76. The van der Waals surface area contributed by atoms with Crippen LogP contribution in [0.1, 0.15) is 23.9 Å². The SMILES string of the molecule is CCc1cc(CNCCc2cc(F)cc(F)c2)n(C)n1. The van der Waals surface area contributed by atoms with E-state index >= 15 is 0 Å². The molecule has 1 N–H and O–H groups in total. The summed E-state index contributed by atoms with van der Waals surface area (Å²) >= 11 is 0. The third-order valence-electron chi connectivity index (χ3n) is 3.21. The van der Waals surface area contributed by atoms with Gasteiger partial charge in [0.15, 0.2) is 0 Å². The molecule has 20 heavy (non-hydrogen) atoms. The van der Waals surface area contributed by atoms with Crippen LogP contribution < -0.4 is 5.32 Å². The number of hydrogen-bond donors (Lipinski definition) is 1. The smallest absolute Gasteiger partial charge is 0.126 e. The molecule has 0 bridgehead atoms. The van der Waals surface area contributed by atoms with Gasteiger partial charge in [0.25, 0.3) is 0 Å². The van der Waals surface area contributed by atoms with Crippen molar-refractivity contribution in [3.63, 3.8) is 0 Å². The summed E-state index contributed by atoms with van der Waals surface area (Å²) in [6, 6.07) is 5.68. The van der Waals surface area contributed by atoms with Crippen molar-refractivity contribution in [3.05, 3.63) is 52.9 Å². The molecule has 1 aromatic carbocycles. The van der Waals surface area contributed by atoms with Crippen molar-refractivity contribution in [3.8, 4) is 0 Å². The quantitative estimate of drug-likeness (QED) is 0.824. The normalized spacial score (nSPS) is 11.0. The van der Waals surface area contributed by atoms with Crippen LogP contribution in [-0.2, 0) is 26.4 Å². The highest BCUT2D eigenvalue weighted by Gasteiger charge is 2.04. The van der Waals surface area contributed by atoms with Crippen molar-refractivity contribution in [2.45, 2.75) is 26.3 Å². The van der Waals surface area contributed by atoms with E-state index in [0.717, 1.165) is 23.9 Å². The molecule has 0 aliphatic heterocycles. The first-order valence-corrected chi connectivity index (χ1v) is 6.76. The fourth-order valence-corrected chi connectivity index (χ4v) is 2.11. The molecular weight excluding hydrogens is 260 g/mol. The zero-order valence-corrected chi connectivity index (χ0v) is 11.8. The number of aryl methyl sites for hydroxylation is 2. The highest BCUT2D eigenvalue weighted by molar-refractivity contribution is 5.18. The van der Waals surface area contributed by atoms with Crippen LogP contribution in [0, 0.1) is 11.6 Å². The second kappa shape index (κ2) is 6.61. The van der Waals surface area contributed by atoms with E-state index in [4.69, 9.17) is 0 Å². The summed E-state index contributed by atoms with van der Waals surface area (Å²) in [6.45, 7) is 3.43. The van der Waals surface area contributed by atoms with Gasteiger partial charge in [-0.2, -0.15) is 5.10 Å². The highest BCUT2D eigenvalue weighted by atomic mass is 19.1. The Hall–Kier alpha value is -1.75. The van der Waals surface area contributed by atoms with Crippen molar-refractivity contribution in [2.24, 2.45) is 7.05 Å². The number of nitrogens with one attached hydrogen (secondary N) is 1. The summed E-state index contributed by atoms with van der Waals surface area (Å²) in [6.07, 6.45) is 1.50. The highest BCUT2D eigenvalue weighted by Crippen LogP contribution is 2.08. The number of rotatable bonds is 6. The number of nitrogens with zero attached hydrogens (tertiary/aromatic N) is 2. The molecule has 0 fully saturated rings. The van der Waals surface area contributed by atoms with Gasteiger partial charge in [-0.1, -0.05) is 6.92 Å². The van der Waals surface area contributed by atoms with Gasteiger partial charge in [-0.05, 0) is 43.1 Å². The summed E-state index contributed by atoms with van der Waals surface area (Å²) in [5.41, 5.74) is 2.83. The Labute approximate surface area is 117 Å². The maximum Gasteiger partial charge on any atom is 0.126 e. The Morgan fingerprint density at radius 2 is 1.85 bits per heavy atom. The molecule has 1 heterocycles. The fourth-order valence-electron chi connectivity index (χ4n) is 2.11. The summed E-state index contributed by atoms with van der Waals surface area (Å²) in [5, 5.41) is 7.63. The van der Waals surface area contributed by atoms with Crippen molar-refractivity contribution >= 4 is 0 Å². The first-order chi connectivity index (χ1) is 9.58. The molecule has 0 aliphatic carbocycles. The molecule has 5 heteroatoms. The van der Waals surface area contributed by atoms with E-state index in [1.54, 1.807) is 0 Å². The van der Waals surface area contributed by atoms with E-state index in [9.17, 15) is 8.78 Å². The predicted octanol–water partition coefficient (Wildman–Crippen LogP) is 2.59. The molecule has 0 atom stereocenters. The van der Waals surface area contributed by atoms with Crippen LogP contribution >= 0.6 is 0 Å². The lowest BCUT2D eigenvalue weighted by atomic mass is 10.1. The summed E-state index contributed by atoms with van der Waals surface area (Å²) in [4.78, 5) is 0. The van der Waals surface area contributed by atoms with Gasteiger partial charge in [-0.3, -0.25) is 4.68 Å². The zero-order chi connectivity index (χ0) is 14.5. The van der Waals surface area contributed by atoms with E-state index in [1.165, 1.54) is 12.1 Å². The molecule has 1 aromatic heterocycles. The van der Waals surface area contributed by atoms with Crippen molar-refractivity contribution in [2.75, 3.05) is 6.54 Å². The second-order valence-electron chi connectivity index (χ2n) is 4.81. The van der Waals surface area contributed by atoms with Gasteiger partial charge in [0.2, 0.25) is 0 Å². The average molecular weight is 279 g/mol.